The van der Waals surface area contributed by atoms with Gasteiger partial charge in [0.15, 0.2) is 17.0 Å². The van der Waals surface area contributed by atoms with Crippen molar-refractivity contribution in [2.24, 2.45) is 0 Å². The number of allylic oxidation sites excluding steroid dienone is 1. The second kappa shape index (κ2) is 11.9. The number of rotatable bonds is 10. The van der Waals surface area contributed by atoms with E-state index < -0.39 is 0 Å². The van der Waals surface area contributed by atoms with Crippen molar-refractivity contribution < 1.29 is 14.3 Å². The molecule has 5 nitrogen and oxygen atoms in total. The molecule has 2 N–H and O–H groups in total. The summed E-state index contributed by atoms with van der Waals surface area (Å²) in [5.41, 5.74) is 6.13. The Morgan fingerprint density at radius 2 is 1.81 bits per heavy atom. The topological polar surface area (TPSA) is 59.6 Å². The first-order valence-electron chi connectivity index (χ1n) is 12.0. The first-order valence-corrected chi connectivity index (χ1v) is 12.9. The molecule has 36 heavy (non-hydrogen) atoms. The molecule has 186 valence electrons. The minimum Gasteiger partial charge on any atom is -0.493 e. The molecule has 1 heterocycles. The first kappa shape index (κ1) is 25.5. The molecule has 0 unspecified atom stereocenters. The van der Waals surface area contributed by atoms with Crippen molar-refractivity contribution in [1.29, 1.82) is 0 Å². The number of anilines is 1. The molecule has 0 spiro atoms. The van der Waals surface area contributed by atoms with Crippen molar-refractivity contribution in [2.75, 3.05) is 12.4 Å². The molecule has 0 aliphatic carbocycles. The Balaban J connectivity index is 1.52. The van der Waals surface area contributed by atoms with Gasteiger partial charge in [-0.1, -0.05) is 66.7 Å². The molecular formula is C30H32N2O3S. The number of ether oxygens (including phenoxy) is 2. The van der Waals surface area contributed by atoms with Gasteiger partial charge in [0.25, 0.3) is 5.91 Å². The number of carbonyl (C=O) groups excluding carboxylic acids is 1. The van der Waals surface area contributed by atoms with E-state index in [9.17, 15) is 4.79 Å². The Morgan fingerprint density at radius 1 is 1.08 bits per heavy atom. The van der Waals surface area contributed by atoms with Gasteiger partial charge < -0.3 is 20.1 Å². The summed E-state index contributed by atoms with van der Waals surface area (Å²) < 4.78 is 11.9. The molecule has 1 saturated heterocycles. The third kappa shape index (κ3) is 6.32. The van der Waals surface area contributed by atoms with Crippen molar-refractivity contribution in [3.63, 3.8) is 0 Å². The van der Waals surface area contributed by atoms with Crippen LogP contribution in [0.2, 0.25) is 0 Å². The van der Waals surface area contributed by atoms with Crippen LogP contribution in [0.5, 0.6) is 11.5 Å². The van der Waals surface area contributed by atoms with Crippen LogP contribution in [0.3, 0.4) is 0 Å². The molecule has 3 aromatic rings. The van der Waals surface area contributed by atoms with E-state index in [0.29, 0.717) is 29.4 Å². The normalized spacial score (nSPS) is 16.0. The quantitative estimate of drug-likeness (QED) is 0.247. The largest absolute Gasteiger partial charge is 0.493 e. The van der Waals surface area contributed by atoms with Crippen LogP contribution in [0.1, 0.15) is 34.7 Å². The fraction of sp³-hybridized carbons (Fsp3) is 0.233. The summed E-state index contributed by atoms with van der Waals surface area (Å²) in [6.45, 7) is 8.53. The molecule has 4 rings (SSSR count). The minimum absolute atomic E-state index is 0.105. The van der Waals surface area contributed by atoms with E-state index >= 15 is 0 Å². The Hall–Kier alpha value is -3.64. The third-order valence-electron chi connectivity index (χ3n) is 5.93. The second-order valence-corrected chi connectivity index (χ2v) is 9.80. The molecule has 1 atom stereocenters. The molecular weight excluding hydrogens is 468 g/mol. The van der Waals surface area contributed by atoms with E-state index in [0.717, 1.165) is 28.8 Å². The van der Waals surface area contributed by atoms with Gasteiger partial charge >= 0.3 is 0 Å². The lowest BCUT2D eigenvalue weighted by atomic mass is 10.0. The maximum atomic E-state index is 12.7. The number of benzene rings is 3. The van der Waals surface area contributed by atoms with Gasteiger partial charge in [-0.3, -0.25) is 4.79 Å². The second-order valence-electron chi connectivity index (χ2n) is 8.65. The molecule has 1 aliphatic rings. The van der Waals surface area contributed by atoms with Crippen molar-refractivity contribution in [2.45, 2.75) is 38.8 Å². The first-order chi connectivity index (χ1) is 17.5. The van der Waals surface area contributed by atoms with Crippen molar-refractivity contribution in [1.82, 2.24) is 5.32 Å². The van der Waals surface area contributed by atoms with Crippen LogP contribution in [0.25, 0.3) is 6.08 Å². The Morgan fingerprint density at radius 3 is 2.47 bits per heavy atom. The summed E-state index contributed by atoms with van der Waals surface area (Å²) in [5.74, 6) is 1.22. The van der Waals surface area contributed by atoms with Crippen LogP contribution in [0.4, 0.5) is 5.69 Å². The fourth-order valence-electron chi connectivity index (χ4n) is 3.93. The van der Waals surface area contributed by atoms with Gasteiger partial charge in [-0.25, -0.2) is 0 Å². The Kier molecular flexibility index (Phi) is 8.39. The summed E-state index contributed by atoms with van der Waals surface area (Å²) in [6.07, 6.45) is 5.34. The highest BCUT2D eigenvalue weighted by molar-refractivity contribution is 8.05. The number of methoxy groups -OCH3 is 1. The SMILES string of the molecule is C=CCc1cc(/C=C2\S[C@H](Nc3ccc(CC)cc3)NC2=O)cc(OC)c1OCc1ccc(C)cc1. The number of amides is 1. The van der Waals surface area contributed by atoms with Gasteiger partial charge in [0.1, 0.15) is 6.61 Å². The molecule has 0 aromatic heterocycles. The average molecular weight is 501 g/mol. The van der Waals surface area contributed by atoms with Crippen LogP contribution >= 0.6 is 11.8 Å². The molecule has 1 fully saturated rings. The lowest BCUT2D eigenvalue weighted by Gasteiger charge is -2.16. The number of carbonyl (C=O) groups is 1. The van der Waals surface area contributed by atoms with Crippen molar-refractivity contribution >= 4 is 29.4 Å². The molecule has 3 aromatic carbocycles. The summed E-state index contributed by atoms with van der Waals surface area (Å²) in [5, 5.41) is 6.37. The maximum absolute atomic E-state index is 12.7. The summed E-state index contributed by atoms with van der Waals surface area (Å²) >= 11 is 1.46. The van der Waals surface area contributed by atoms with Crippen LogP contribution in [-0.2, 0) is 24.2 Å². The van der Waals surface area contributed by atoms with E-state index in [1.165, 1.54) is 22.9 Å². The van der Waals surface area contributed by atoms with Gasteiger partial charge in [-0.2, -0.15) is 0 Å². The zero-order chi connectivity index (χ0) is 25.5. The predicted molar refractivity (Wildman–Crippen MR) is 149 cm³/mol. The van der Waals surface area contributed by atoms with E-state index in [2.05, 4.69) is 67.5 Å². The summed E-state index contributed by atoms with van der Waals surface area (Å²) in [6, 6.07) is 20.5. The van der Waals surface area contributed by atoms with E-state index in [4.69, 9.17) is 9.47 Å². The van der Waals surface area contributed by atoms with Crippen molar-refractivity contribution in [3.8, 4) is 11.5 Å². The predicted octanol–water partition coefficient (Wildman–Crippen LogP) is 6.47. The molecule has 0 saturated carbocycles. The molecule has 1 amide bonds. The monoisotopic (exact) mass is 500 g/mol. The van der Waals surface area contributed by atoms with Gasteiger partial charge in [0, 0.05) is 11.3 Å². The van der Waals surface area contributed by atoms with Gasteiger partial charge in [0.05, 0.1) is 12.0 Å². The fourth-order valence-corrected chi connectivity index (χ4v) is 4.92. The van der Waals surface area contributed by atoms with Crippen LogP contribution in [-0.4, -0.2) is 18.5 Å². The number of nitrogens with one attached hydrogen (secondary N) is 2. The Labute approximate surface area is 217 Å². The standard InChI is InChI=1S/C30H32N2O3S/c1-5-7-24-16-23(17-26(34-4)28(24)35-19-22-10-8-20(3)9-11-22)18-27-29(33)32-30(36-27)31-25-14-12-21(6-2)13-15-25/h5,8-18,30-31H,1,6-7,19H2,2-4H3,(H,32,33)/b27-18-/t30-/m1/s1. The number of hydrogen-bond acceptors (Lipinski definition) is 5. The van der Waals surface area contributed by atoms with Crippen LogP contribution < -0.4 is 20.1 Å². The maximum Gasteiger partial charge on any atom is 0.260 e. The molecule has 0 bridgehead atoms. The highest BCUT2D eigenvalue weighted by Crippen LogP contribution is 2.37. The van der Waals surface area contributed by atoms with Gasteiger partial charge in [-0.15, -0.1) is 6.58 Å². The third-order valence-corrected chi connectivity index (χ3v) is 6.96. The van der Waals surface area contributed by atoms with Crippen LogP contribution in [0.15, 0.2) is 78.2 Å². The molecule has 6 heteroatoms. The number of thioether (sulfide) groups is 1. The number of hydrogen-bond donors (Lipinski definition) is 2. The highest BCUT2D eigenvalue weighted by Gasteiger charge is 2.27. The van der Waals surface area contributed by atoms with Crippen LogP contribution in [0, 0.1) is 6.92 Å². The smallest absolute Gasteiger partial charge is 0.260 e. The van der Waals surface area contributed by atoms with Gasteiger partial charge in [-0.05, 0) is 66.8 Å². The van der Waals surface area contributed by atoms with E-state index in [-0.39, 0.29) is 11.4 Å². The zero-order valence-corrected chi connectivity index (χ0v) is 21.8. The lowest BCUT2D eigenvalue weighted by Crippen LogP contribution is -2.30. The van der Waals surface area contributed by atoms with Crippen molar-refractivity contribution in [3.05, 3.63) is 106 Å². The molecule has 0 radical (unpaired) electrons. The average Bonchev–Trinajstić information content (AvgIpc) is 3.22. The highest BCUT2D eigenvalue weighted by atomic mass is 32.2. The number of aryl methyl sites for hydroxylation is 2. The zero-order valence-electron chi connectivity index (χ0n) is 21.0. The lowest BCUT2D eigenvalue weighted by molar-refractivity contribution is -0.116. The Bertz CT molecular complexity index is 1250. The van der Waals surface area contributed by atoms with E-state index in [1.54, 1.807) is 7.11 Å². The minimum atomic E-state index is -0.233. The molecule has 1 aliphatic heterocycles. The summed E-state index contributed by atoms with van der Waals surface area (Å²) in [7, 11) is 1.63. The van der Waals surface area contributed by atoms with E-state index in [1.807, 2.05) is 36.4 Å². The van der Waals surface area contributed by atoms with Gasteiger partial charge in [0.2, 0.25) is 0 Å². The summed E-state index contributed by atoms with van der Waals surface area (Å²) in [4.78, 5) is 13.3.